The van der Waals surface area contributed by atoms with Crippen molar-refractivity contribution in [3.63, 3.8) is 0 Å². The number of aryl methyl sites for hydroxylation is 1. The van der Waals surface area contributed by atoms with Gasteiger partial charge in [0.05, 0.1) is 6.04 Å². The summed E-state index contributed by atoms with van der Waals surface area (Å²) in [5.74, 6) is -0.956. The molecule has 1 N–H and O–H groups in total. The predicted molar refractivity (Wildman–Crippen MR) is 102 cm³/mol. The second-order valence-corrected chi connectivity index (χ2v) is 6.81. The van der Waals surface area contributed by atoms with E-state index in [9.17, 15) is 9.59 Å². The van der Waals surface area contributed by atoms with Crippen molar-refractivity contribution in [2.45, 2.75) is 39.8 Å². The second kappa shape index (κ2) is 9.13. The van der Waals surface area contributed by atoms with Gasteiger partial charge >= 0.3 is 11.8 Å². The Morgan fingerprint density at radius 3 is 2.19 bits per heavy atom. The molecule has 0 spiro atoms. The van der Waals surface area contributed by atoms with Crippen molar-refractivity contribution < 1.29 is 9.59 Å². The molecule has 1 heterocycles. The van der Waals surface area contributed by atoms with Gasteiger partial charge < -0.3 is 10.2 Å². The van der Waals surface area contributed by atoms with E-state index in [2.05, 4.69) is 29.4 Å². The van der Waals surface area contributed by atoms with E-state index < -0.39 is 11.8 Å². The summed E-state index contributed by atoms with van der Waals surface area (Å²) in [6.45, 7) is 6.54. The zero-order valence-corrected chi connectivity index (χ0v) is 15.9. The topological polar surface area (TPSA) is 62.3 Å². The number of nitrogens with one attached hydrogen (secondary N) is 1. The van der Waals surface area contributed by atoms with Gasteiger partial charge in [0.2, 0.25) is 0 Å². The zero-order valence-electron chi connectivity index (χ0n) is 15.9. The third kappa shape index (κ3) is 5.15. The molecule has 1 aromatic heterocycles. The Morgan fingerprint density at radius 2 is 1.65 bits per heavy atom. The fourth-order valence-corrected chi connectivity index (χ4v) is 2.81. The van der Waals surface area contributed by atoms with Crippen molar-refractivity contribution in [1.82, 2.24) is 15.2 Å². The van der Waals surface area contributed by atoms with E-state index in [0.717, 1.165) is 17.5 Å². The van der Waals surface area contributed by atoms with E-state index in [1.54, 1.807) is 19.4 Å². The van der Waals surface area contributed by atoms with Crippen LogP contribution in [0.4, 0.5) is 0 Å². The number of hydrogen-bond acceptors (Lipinski definition) is 3. The number of pyridine rings is 1. The monoisotopic (exact) mass is 353 g/mol. The smallest absolute Gasteiger partial charge is 0.311 e. The maximum Gasteiger partial charge on any atom is 0.311 e. The predicted octanol–water partition coefficient (Wildman–Crippen LogP) is 3.12. The van der Waals surface area contributed by atoms with E-state index in [-0.39, 0.29) is 12.0 Å². The number of likely N-dealkylation sites (N-methyl/N-ethyl adjacent to an activating group) is 1. The van der Waals surface area contributed by atoms with Crippen LogP contribution in [0.3, 0.4) is 0 Å². The molecule has 0 saturated heterocycles. The first-order chi connectivity index (χ1) is 12.4. The molecule has 0 radical (unpaired) electrons. The van der Waals surface area contributed by atoms with Crippen LogP contribution in [0.5, 0.6) is 0 Å². The van der Waals surface area contributed by atoms with Crippen LogP contribution in [-0.2, 0) is 22.6 Å². The molecular formula is C21H27N3O2. The first-order valence-electron chi connectivity index (χ1n) is 8.96. The zero-order chi connectivity index (χ0) is 19.1. The standard InChI is InChI=1S/C21H27N3O2/c1-5-16-6-8-18(9-7-16)19(15(2)3)23-20(25)21(26)24(4)14-17-10-12-22-13-11-17/h6-13,15,19H,5,14H2,1-4H3,(H,23,25)/t19-/m1/s1. The normalized spacial score (nSPS) is 11.9. The molecule has 5 heteroatoms. The van der Waals surface area contributed by atoms with E-state index in [1.807, 2.05) is 38.1 Å². The van der Waals surface area contributed by atoms with Gasteiger partial charge in [-0.1, -0.05) is 45.0 Å². The van der Waals surface area contributed by atoms with Gasteiger partial charge in [0.1, 0.15) is 0 Å². The highest BCUT2D eigenvalue weighted by Gasteiger charge is 2.24. The maximum absolute atomic E-state index is 12.5. The summed E-state index contributed by atoms with van der Waals surface area (Å²) in [6, 6.07) is 11.6. The minimum Gasteiger partial charge on any atom is -0.341 e. The molecule has 26 heavy (non-hydrogen) atoms. The summed E-state index contributed by atoms with van der Waals surface area (Å²) in [6.07, 6.45) is 4.31. The summed E-state index contributed by atoms with van der Waals surface area (Å²) in [5.41, 5.74) is 3.19. The van der Waals surface area contributed by atoms with Crippen LogP contribution in [0.15, 0.2) is 48.8 Å². The molecule has 2 rings (SSSR count). The molecule has 0 saturated carbocycles. The van der Waals surface area contributed by atoms with Crippen LogP contribution in [0.2, 0.25) is 0 Å². The molecule has 138 valence electrons. The van der Waals surface area contributed by atoms with Gasteiger partial charge in [-0.15, -0.1) is 0 Å². The average Bonchev–Trinajstić information content (AvgIpc) is 2.66. The molecule has 5 nitrogen and oxygen atoms in total. The Labute approximate surface area is 155 Å². The molecule has 0 fully saturated rings. The van der Waals surface area contributed by atoms with Crippen LogP contribution in [-0.4, -0.2) is 28.7 Å². The molecule has 2 amide bonds. The Balaban J connectivity index is 2.05. The molecule has 0 aliphatic heterocycles. The van der Waals surface area contributed by atoms with Crippen LogP contribution in [0, 0.1) is 5.92 Å². The number of aromatic nitrogens is 1. The van der Waals surface area contributed by atoms with Gasteiger partial charge in [-0.05, 0) is 41.2 Å². The number of nitrogens with zero attached hydrogens (tertiary/aromatic N) is 2. The van der Waals surface area contributed by atoms with Crippen molar-refractivity contribution in [2.75, 3.05) is 7.05 Å². The van der Waals surface area contributed by atoms with E-state index in [4.69, 9.17) is 0 Å². The third-order valence-corrected chi connectivity index (χ3v) is 4.41. The fraction of sp³-hybridized carbons (Fsp3) is 0.381. The van der Waals surface area contributed by atoms with Crippen molar-refractivity contribution in [2.24, 2.45) is 5.92 Å². The lowest BCUT2D eigenvalue weighted by Gasteiger charge is -2.24. The summed E-state index contributed by atoms with van der Waals surface area (Å²) in [5, 5.41) is 2.89. The van der Waals surface area contributed by atoms with Crippen molar-refractivity contribution in [3.05, 3.63) is 65.5 Å². The molecule has 0 bridgehead atoms. The van der Waals surface area contributed by atoms with Crippen LogP contribution >= 0.6 is 0 Å². The van der Waals surface area contributed by atoms with Gasteiger partial charge in [0, 0.05) is 26.0 Å². The lowest BCUT2D eigenvalue weighted by Crippen LogP contribution is -2.43. The first-order valence-corrected chi connectivity index (χ1v) is 8.96. The number of hydrogen-bond donors (Lipinski definition) is 1. The molecule has 1 aromatic carbocycles. The molecule has 1 atom stereocenters. The lowest BCUT2D eigenvalue weighted by molar-refractivity contribution is -0.145. The van der Waals surface area contributed by atoms with Gasteiger partial charge in [0.15, 0.2) is 0 Å². The highest BCUT2D eigenvalue weighted by atomic mass is 16.2. The number of benzene rings is 1. The maximum atomic E-state index is 12.5. The SMILES string of the molecule is CCc1ccc([C@H](NC(=O)C(=O)N(C)Cc2ccncc2)C(C)C)cc1. The number of carbonyl (C=O) groups excluding carboxylic acids is 2. The van der Waals surface area contributed by atoms with Crippen molar-refractivity contribution in [3.8, 4) is 0 Å². The lowest BCUT2D eigenvalue weighted by atomic mass is 9.95. The molecular weight excluding hydrogens is 326 g/mol. The van der Waals surface area contributed by atoms with E-state index in [1.165, 1.54) is 10.5 Å². The Bertz CT molecular complexity index is 727. The van der Waals surface area contributed by atoms with E-state index in [0.29, 0.717) is 6.54 Å². The fourth-order valence-electron chi connectivity index (χ4n) is 2.81. The Morgan fingerprint density at radius 1 is 1.04 bits per heavy atom. The second-order valence-electron chi connectivity index (χ2n) is 6.81. The summed E-state index contributed by atoms with van der Waals surface area (Å²) >= 11 is 0. The molecule has 0 unspecified atom stereocenters. The Hall–Kier alpha value is -2.69. The number of rotatable bonds is 6. The Kier molecular flexibility index (Phi) is 6.89. The minimum atomic E-state index is -0.583. The average molecular weight is 353 g/mol. The largest absolute Gasteiger partial charge is 0.341 e. The molecule has 0 aliphatic carbocycles. The van der Waals surface area contributed by atoms with Crippen LogP contribution in [0.1, 0.15) is 43.5 Å². The summed E-state index contributed by atoms with van der Waals surface area (Å²) in [7, 11) is 1.63. The van der Waals surface area contributed by atoms with Crippen molar-refractivity contribution >= 4 is 11.8 Å². The van der Waals surface area contributed by atoms with Crippen LogP contribution in [0.25, 0.3) is 0 Å². The molecule has 2 aromatic rings. The minimum absolute atomic E-state index is 0.171. The highest BCUT2D eigenvalue weighted by Crippen LogP contribution is 2.22. The highest BCUT2D eigenvalue weighted by molar-refractivity contribution is 6.35. The summed E-state index contributed by atoms with van der Waals surface area (Å²) < 4.78 is 0. The van der Waals surface area contributed by atoms with Gasteiger partial charge in [-0.2, -0.15) is 0 Å². The first kappa shape index (κ1) is 19.6. The molecule has 0 aliphatic rings. The quantitative estimate of drug-likeness (QED) is 0.812. The number of amides is 2. The van der Waals surface area contributed by atoms with E-state index >= 15 is 0 Å². The van der Waals surface area contributed by atoms with Crippen LogP contribution < -0.4 is 5.32 Å². The third-order valence-electron chi connectivity index (χ3n) is 4.41. The van der Waals surface area contributed by atoms with Gasteiger partial charge in [-0.3, -0.25) is 14.6 Å². The number of carbonyl (C=O) groups is 2. The van der Waals surface area contributed by atoms with Gasteiger partial charge in [0.25, 0.3) is 0 Å². The van der Waals surface area contributed by atoms with Gasteiger partial charge in [-0.25, -0.2) is 0 Å². The summed E-state index contributed by atoms with van der Waals surface area (Å²) in [4.78, 5) is 30.3. The van der Waals surface area contributed by atoms with Crippen molar-refractivity contribution in [1.29, 1.82) is 0 Å².